The zero-order valence-electron chi connectivity index (χ0n) is 11.1. The van der Waals surface area contributed by atoms with Crippen molar-refractivity contribution in [1.82, 2.24) is 9.97 Å². The second kappa shape index (κ2) is 5.41. The van der Waals surface area contributed by atoms with Gasteiger partial charge in [-0.1, -0.05) is 6.07 Å². The number of nitrogens with two attached hydrogens (primary N) is 2. The first-order chi connectivity index (χ1) is 10.7. The van der Waals surface area contributed by atoms with Crippen LogP contribution >= 0.6 is 0 Å². The molecule has 0 bridgehead atoms. The number of hydrogen-bond acceptors (Lipinski definition) is 7. The molecule has 0 amide bonds. The van der Waals surface area contributed by atoms with Gasteiger partial charge in [0.25, 0.3) is 5.69 Å². The Morgan fingerprint density at radius 2 is 1.91 bits per heavy atom. The second-order valence-corrected chi connectivity index (χ2v) is 4.26. The van der Waals surface area contributed by atoms with Gasteiger partial charge in [-0.3, -0.25) is 10.1 Å². The lowest BCUT2D eigenvalue weighted by Crippen LogP contribution is -2.12. The first-order valence-corrected chi connectivity index (χ1v) is 5.85. The van der Waals surface area contributed by atoms with Crippen molar-refractivity contribution in [3.8, 4) is 17.3 Å². The largest absolute Gasteiger partial charge is 0.417 e. The summed E-state index contributed by atoms with van der Waals surface area (Å²) in [6.45, 7) is 0. The summed E-state index contributed by atoms with van der Waals surface area (Å²) >= 11 is 0. The van der Waals surface area contributed by atoms with E-state index >= 15 is 0 Å². The van der Waals surface area contributed by atoms with Crippen molar-refractivity contribution >= 4 is 17.5 Å². The minimum atomic E-state index is -4.91. The van der Waals surface area contributed by atoms with E-state index in [0.717, 1.165) is 12.1 Å². The molecule has 0 aliphatic rings. The lowest BCUT2D eigenvalue weighted by Gasteiger charge is -2.14. The number of aromatic nitrogens is 2. The maximum Gasteiger partial charge on any atom is 0.417 e. The number of alkyl halides is 3. The lowest BCUT2D eigenvalue weighted by atomic mass is 9.98. The highest BCUT2D eigenvalue weighted by molar-refractivity contribution is 5.82. The fraction of sp³-hybridized carbons (Fsp3) is 0.0833. The Bertz CT molecular complexity index is 844. The number of nitriles is 1. The molecular formula is C12H7F3N6O2. The summed E-state index contributed by atoms with van der Waals surface area (Å²) in [5.74, 6) is -0.982. The van der Waals surface area contributed by atoms with Crippen LogP contribution in [-0.2, 0) is 6.18 Å². The average molecular weight is 324 g/mol. The molecule has 0 spiro atoms. The van der Waals surface area contributed by atoms with Gasteiger partial charge in [-0.15, -0.1) is 0 Å². The van der Waals surface area contributed by atoms with E-state index in [1.54, 1.807) is 0 Å². The predicted molar refractivity (Wildman–Crippen MR) is 72.7 cm³/mol. The van der Waals surface area contributed by atoms with Gasteiger partial charge in [0.05, 0.1) is 16.1 Å². The maximum absolute atomic E-state index is 13.2. The van der Waals surface area contributed by atoms with E-state index in [4.69, 9.17) is 16.7 Å². The van der Waals surface area contributed by atoms with Gasteiger partial charge < -0.3 is 11.5 Å². The number of nitrogen functional groups attached to an aromatic ring is 2. The predicted octanol–water partition coefficient (Wildman–Crippen LogP) is 2.11. The Kier molecular flexibility index (Phi) is 3.75. The van der Waals surface area contributed by atoms with Gasteiger partial charge >= 0.3 is 6.18 Å². The molecule has 0 fully saturated rings. The van der Waals surface area contributed by atoms with Crippen LogP contribution in [0.4, 0.5) is 30.6 Å². The molecule has 1 heterocycles. The van der Waals surface area contributed by atoms with Crippen LogP contribution in [0.2, 0.25) is 0 Å². The SMILES string of the molecule is N#Cc1c(N)nc(N)nc1-c1c([N+](=O)[O-])cccc1C(F)(F)F. The number of nitro benzene ring substituents is 1. The van der Waals surface area contributed by atoms with Gasteiger partial charge in [-0.25, -0.2) is 4.98 Å². The topological polar surface area (TPSA) is 145 Å². The van der Waals surface area contributed by atoms with E-state index in [1.165, 1.54) is 6.07 Å². The average Bonchev–Trinajstić information content (AvgIpc) is 2.44. The van der Waals surface area contributed by atoms with Crippen LogP contribution in [0, 0.1) is 21.4 Å². The number of rotatable bonds is 2. The second-order valence-electron chi connectivity index (χ2n) is 4.26. The van der Waals surface area contributed by atoms with Crippen LogP contribution in [0.1, 0.15) is 11.1 Å². The molecule has 1 aromatic heterocycles. The third kappa shape index (κ3) is 2.82. The van der Waals surface area contributed by atoms with Gasteiger partial charge in [0.15, 0.2) is 0 Å². The molecule has 4 N–H and O–H groups in total. The smallest absolute Gasteiger partial charge is 0.382 e. The molecule has 2 rings (SSSR count). The highest BCUT2D eigenvalue weighted by Gasteiger charge is 2.38. The Labute approximate surface area is 126 Å². The fourth-order valence-electron chi connectivity index (χ4n) is 1.96. The summed E-state index contributed by atoms with van der Waals surface area (Å²) in [5, 5.41) is 20.2. The van der Waals surface area contributed by atoms with E-state index in [9.17, 15) is 23.3 Å². The normalized spacial score (nSPS) is 11.0. The quantitative estimate of drug-likeness (QED) is 0.635. The summed E-state index contributed by atoms with van der Waals surface area (Å²) < 4.78 is 39.6. The zero-order chi connectivity index (χ0) is 17.4. The van der Waals surface area contributed by atoms with Crippen molar-refractivity contribution in [1.29, 1.82) is 5.26 Å². The van der Waals surface area contributed by atoms with Crippen LogP contribution in [0.15, 0.2) is 18.2 Å². The van der Waals surface area contributed by atoms with Crippen molar-refractivity contribution < 1.29 is 18.1 Å². The Morgan fingerprint density at radius 1 is 1.26 bits per heavy atom. The highest BCUT2D eigenvalue weighted by atomic mass is 19.4. The number of halogens is 3. The first kappa shape index (κ1) is 16.0. The molecule has 2 aromatic rings. The Morgan fingerprint density at radius 3 is 2.43 bits per heavy atom. The van der Waals surface area contributed by atoms with E-state index in [1.807, 2.05) is 0 Å². The van der Waals surface area contributed by atoms with Crippen LogP contribution in [-0.4, -0.2) is 14.9 Å². The number of hydrogen-bond donors (Lipinski definition) is 2. The molecule has 0 aliphatic carbocycles. The molecule has 0 saturated carbocycles. The van der Waals surface area contributed by atoms with E-state index in [2.05, 4.69) is 9.97 Å². The van der Waals surface area contributed by atoms with Crippen molar-refractivity contribution in [2.45, 2.75) is 6.18 Å². The Hall–Kier alpha value is -3.42. The van der Waals surface area contributed by atoms with Gasteiger partial charge in [-0.2, -0.15) is 23.4 Å². The molecular weight excluding hydrogens is 317 g/mol. The summed E-state index contributed by atoms with van der Waals surface area (Å²) in [7, 11) is 0. The summed E-state index contributed by atoms with van der Waals surface area (Å²) in [4.78, 5) is 17.1. The molecule has 0 radical (unpaired) electrons. The monoisotopic (exact) mass is 324 g/mol. The number of nitro groups is 1. The van der Waals surface area contributed by atoms with Crippen molar-refractivity contribution in [3.63, 3.8) is 0 Å². The minimum absolute atomic E-state index is 0.471. The lowest BCUT2D eigenvalue weighted by molar-refractivity contribution is -0.384. The number of anilines is 2. The van der Waals surface area contributed by atoms with Gasteiger partial charge in [-0.05, 0) is 6.07 Å². The number of nitrogens with zero attached hydrogens (tertiary/aromatic N) is 4. The molecule has 0 aliphatic heterocycles. The van der Waals surface area contributed by atoms with Gasteiger partial charge in [0.1, 0.15) is 23.1 Å². The van der Waals surface area contributed by atoms with Gasteiger partial charge in [0, 0.05) is 6.07 Å². The highest BCUT2D eigenvalue weighted by Crippen LogP contribution is 2.42. The van der Waals surface area contributed by atoms with E-state index in [0.29, 0.717) is 6.07 Å². The number of benzene rings is 1. The van der Waals surface area contributed by atoms with Gasteiger partial charge in [0.2, 0.25) is 5.95 Å². The fourth-order valence-corrected chi connectivity index (χ4v) is 1.96. The standard InChI is InChI=1S/C12H7F3N6O2/c13-12(14,15)6-2-1-3-7(21(22)23)8(6)9-5(4-16)10(17)20-11(18)19-9/h1-3H,(H4,17,18,19,20). The van der Waals surface area contributed by atoms with Crippen LogP contribution in [0.5, 0.6) is 0 Å². The Balaban J connectivity index is 2.99. The molecule has 11 heteroatoms. The van der Waals surface area contributed by atoms with E-state index in [-0.39, 0.29) is 0 Å². The molecule has 0 saturated heterocycles. The molecule has 23 heavy (non-hydrogen) atoms. The van der Waals surface area contributed by atoms with Crippen molar-refractivity contribution in [2.75, 3.05) is 11.5 Å². The van der Waals surface area contributed by atoms with Crippen LogP contribution in [0.3, 0.4) is 0 Å². The zero-order valence-corrected chi connectivity index (χ0v) is 11.1. The molecule has 0 atom stereocenters. The molecule has 118 valence electrons. The van der Waals surface area contributed by atoms with Crippen molar-refractivity contribution in [2.24, 2.45) is 0 Å². The molecule has 1 aromatic carbocycles. The van der Waals surface area contributed by atoms with E-state index < -0.39 is 50.9 Å². The maximum atomic E-state index is 13.2. The van der Waals surface area contributed by atoms with Crippen LogP contribution < -0.4 is 11.5 Å². The molecule has 0 unspecified atom stereocenters. The van der Waals surface area contributed by atoms with Crippen LogP contribution in [0.25, 0.3) is 11.3 Å². The third-order valence-corrected chi connectivity index (χ3v) is 2.85. The van der Waals surface area contributed by atoms with Crippen molar-refractivity contribution in [3.05, 3.63) is 39.4 Å². The summed E-state index contributed by atoms with van der Waals surface area (Å²) in [5.41, 5.74) is 6.52. The molecule has 8 nitrogen and oxygen atoms in total. The minimum Gasteiger partial charge on any atom is -0.382 e. The first-order valence-electron chi connectivity index (χ1n) is 5.85. The summed E-state index contributed by atoms with van der Waals surface area (Å²) in [6, 6.07) is 3.92. The summed E-state index contributed by atoms with van der Waals surface area (Å²) in [6.07, 6.45) is -4.91. The third-order valence-electron chi connectivity index (χ3n) is 2.85.